The third-order valence-electron chi connectivity index (χ3n) is 3.50. The molecule has 0 fully saturated rings. The molecule has 0 aliphatic rings. The maximum Gasteiger partial charge on any atom is 0.247 e. The van der Waals surface area contributed by atoms with Gasteiger partial charge in [0, 0.05) is 27.1 Å². The van der Waals surface area contributed by atoms with Gasteiger partial charge in [-0.15, -0.1) is 23.1 Å². The van der Waals surface area contributed by atoms with Gasteiger partial charge in [0.1, 0.15) is 6.61 Å². The standard InChI is InChI=1S/C17H19NO2S2/c1-11(18-3)16-15(10-20-19-4)22-12(2)17(16)13-6-8-14(21-5)9-7-13/h6-9,11H,10H2,1-2,4-5H3. The highest BCUT2D eigenvalue weighted by Crippen LogP contribution is 2.41. The Labute approximate surface area is 140 Å². The van der Waals surface area contributed by atoms with Crippen molar-refractivity contribution in [3.63, 3.8) is 0 Å². The molecular weight excluding hydrogens is 314 g/mol. The first kappa shape index (κ1) is 17.0. The normalized spacial score (nSPS) is 12.1. The number of hydrogen-bond donors (Lipinski definition) is 0. The summed E-state index contributed by atoms with van der Waals surface area (Å²) in [7, 11) is 1.50. The van der Waals surface area contributed by atoms with E-state index in [1.807, 2.05) is 6.92 Å². The van der Waals surface area contributed by atoms with Crippen molar-refractivity contribution in [2.24, 2.45) is 0 Å². The van der Waals surface area contributed by atoms with Crippen LogP contribution >= 0.6 is 23.1 Å². The van der Waals surface area contributed by atoms with Gasteiger partial charge >= 0.3 is 0 Å². The molecule has 1 aromatic carbocycles. The summed E-state index contributed by atoms with van der Waals surface area (Å²) in [5.41, 5.74) is 3.38. The number of aryl methyl sites for hydroxylation is 1. The van der Waals surface area contributed by atoms with E-state index < -0.39 is 0 Å². The molecule has 2 rings (SSSR count). The van der Waals surface area contributed by atoms with Gasteiger partial charge in [0.25, 0.3) is 0 Å². The van der Waals surface area contributed by atoms with Gasteiger partial charge in [-0.05, 0) is 30.9 Å². The Bertz CT molecular complexity index is 671. The molecule has 0 amide bonds. The number of hydrogen-bond acceptors (Lipinski definition) is 4. The molecule has 2 aromatic rings. The summed E-state index contributed by atoms with van der Waals surface area (Å²) in [4.78, 5) is 17.0. The largest absolute Gasteiger partial charge is 0.309 e. The van der Waals surface area contributed by atoms with Gasteiger partial charge in [0.05, 0.1) is 12.7 Å². The van der Waals surface area contributed by atoms with Gasteiger partial charge in [-0.1, -0.05) is 12.1 Å². The van der Waals surface area contributed by atoms with Crippen molar-refractivity contribution in [3.8, 4) is 11.1 Å². The second kappa shape index (κ2) is 7.80. The van der Waals surface area contributed by atoms with E-state index in [1.54, 1.807) is 23.1 Å². The van der Waals surface area contributed by atoms with Crippen LogP contribution in [-0.4, -0.2) is 13.4 Å². The van der Waals surface area contributed by atoms with E-state index in [0.717, 1.165) is 21.6 Å². The molecule has 0 aliphatic carbocycles. The van der Waals surface area contributed by atoms with Crippen molar-refractivity contribution in [1.82, 2.24) is 0 Å². The van der Waals surface area contributed by atoms with Crippen molar-refractivity contribution < 1.29 is 9.78 Å². The molecule has 0 spiro atoms. The van der Waals surface area contributed by atoms with Gasteiger partial charge in [-0.2, -0.15) is 0 Å². The maximum atomic E-state index is 7.41. The fourth-order valence-electron chi connectivity index (χ4n) is 2.46. The predicted octanol–water partition coefficient (Wildman–Crippen LogP) is 5.50. The Balaban J connectivity index is 2.53. The topological polar surface area (TPSA) is 22.8 Å². The smallest absolute Gasteiger partial charge is 0.247 e. The number of thiophene rings is 1. The van der Waals surface area contributed by atoms with E-state index in [-0.39, 0.29) is 6.04 Å². The zero-order chi connectivity index (χ0) is 16.1. The SMILES string of the molecule is [C-]#[N+]C(C)c1c(COOC)sc(C)c1-c1ccc(SC)cc1. The van der Waals surface area contributed by atoms with Crippen molar-refractivity contribution in [2.75, 3.05) is 13.4 Å². The van der Waals surface area contributed by atoms with Crippen LogP contribution in [-0.2, 0) is 16.4 Å². The molecule has 22 heavy (non-hydrogen) atoms. The first-order valence-electron chi connectivity index (χ1n) is 6.91. The molecule has 1 heterocycles. The molecule has 3 nitrogen and oxygen atoms in total. The molecule has 0 saturated carbocycles. The highest BCUT2D eigenvalue weighted by atomic mass is 32.2. The fraction of sp³-hybridized carbons (Fsp3) is 0.353. The number of rotatable bonds is 6. The molecule has 1 unspecified atom stereocenters. The highest BCUT2D eigenvalue weighted by Gasteiger charge is 2.25. The quantitative estimate of drug-likeness (QED) is 0.301. The lowest BCUT2D eigenvalue weighted by Gasteiger charge is -2.08. The molecule has 5 heteroatoms. The molecule has 0 bridgehead atoms. The van der Waals surface area contributed by atoms with Crippen LogP contribution in [0.5, 0.6) is 0 Å². The van der Waals surface area contributed by atoms with Gasteiger partial charge in [0.15, 0.2) is 0 Å². The number of thioether (sulfide) groups is 1. The van der Waals surface area contributed by atoms with Gasteiger partial charge < -0.3 is 4.85 Å². The minimum atomic E-state index is -0.198. The third kappa shape index (κ3) is 3.53. The molecule has 1 atom stereocenters. The lowest BCUT2D eigenvalue weighted by molar-refractivity contribution is -0.281. The van der Waals surface area contributed by atoms with E-state index in [4.69, 9.17) is 16.3 Å². The molecule has 0 N–H and O–H groups in total. The Morgan fingerprint density at radius 1 is 1.32 bits per heavy atom. The minimum absolute atomic E-state index is 0.198. The summed E-state index contributed by atoms with van der Waals surface area (Å²) in [5, 5.41) is 0. The monoisotopic (exact) mass is 333 g/mol. The Morgan fingerprint density at radius 2 is 2.00 bits per heavy atom. The van der Waals surface area contributed by atoms with Crippen LogP contribution < -0.4 is 0 Å². The van der Waals surface area contributed by atoms with Crippen LogP contribution in [0.1, 0.15) is 28.3 Å². The summed E-state index contributed by atoms with van der Waals surface area (Å²) in [6, 6.07) is 8.30. The second-order valence-electron chi connectivity index (χ2n) is 4.83. The molecule has 0 saturated heterocycles. The van der Waals surface area contributed by atoms with Crippen molar-refractivity contribution >= 4 is 23.1 Å². The van der Waals surface area contributed by atoms with Gasteiger partial charge in [-0.25, -0.2) is 16.3 Å². The Morgan fingerprint density at radius 3 is 2.55 bits per heavy atom. The van der Waals surface area contributed by atoms with Gasteiger partial charge in [0.2, 0.25) is 6.04 Å². The zero-order valence-electron chi connectivity index (χ0n) is 13.2. The minimum Gasteiger partial charge on any atom is -0.309 e. The lowest BCUT2D eigenvalue weighted by atomic mass is 9.96. The van der Waals surface area contributed by atoms with E-state index >= 15 is 0 Å². The number of benzene rings is 1. The van der Waals surface area contributed by atoms with E-state index in [1.165, 1.54) is 16.9 Å². The van der Waals surface area contributed by atoms with Crippen molar-refractivity contribution in [3.05, 3.63) is 51.0 Å². The predicted molar refractivity (Wildman–Crippen MR) is 93.1 cm³/mol. The second-order valence-corrected chi connectivity index (χ2v) is 7.02. The van der Waals surface area contributed by atoms with Crippen LogP contribution in [0.25, 0.3) is 16.0 Å². The summed E-state index contributed by atoms with van der Waals surface area (Å²) in [6.45, 7) is 11.8. The maximum absolute atomic E-state index is 7.41. The summed E-state index contributed by atoms with van der Waals surface area (Å²) in [5.74, 6) is 0. The fourth-order valence-corrected chi connectivity index (χ4v) is 4.06. The Kier molecular flexibility index (Phi) is 6.04. The zero-order valence-corrected chi connectivity index (χ0v) is 14.8. The summed E-state index contributed by atoms with van der Waals surface area (Å²) >= 11 is 3.40. The Hall–Kier alpha value is -1.32. The highest BCUT2D eigenvalue weighted by molar-refractivity contribution is 7.98. The average molecular weight is 333 g/mol. The third-order valence-corrected chi connectivity index (χ3v) is 5.33. The van der Waals surface area contributed by atoms with E-state index in [9.17, 15) is 0 Å². The van der Waals surface area contributed by atoms with Crippen LogP contribution in [0.4, 0.5) is 0 Å². The first-order chi connectivity index (χ1) is 10.6. The van der Waals surface area contributed by atoms with Crippen LogP contribution in [0.3, 0.4) is 0 Å². The van der Waals surface area contributed by atoms with E-state index in [2.05, 4.69) is 42.3 Å². The molecule has 1 aromatic heterocycles. The van der Waals surface area contributed by atoms with Crippen LogP contribution in [0.15, 0.2) is 29.2 Å². The van der Waals surface area contributed by atoms with Crippen LogP contribution in [0, 0.1) is 13.5 Å². The molecular formula is C17H19NO2S2. The molecule has 0 aliphatic heterocycles. The van der Waals surface area contributed by atoms with Crippen LogP contribution in [0.2, 0.25) is 0 Å². The van der Waals surface area contributed by atoms with Gasteiger partial charge in [-0.3, -0.25) is 0 Å². The molecule has 116 valence electrons. The number of nitrogens with zero attached hydrogens (tertiary/aromatic N) is 1. The summed E-state index contributed by atoms with van der Waals surface area (Å²) in [6.07, 6.45) is 2.07. The summed E-state index contributed by atoms with van der Waals surface area (Å²) < 4.78 is 0. The lowest BCUT2D eigenvalue weighted by Crippen LogP contribution is -1.97. The van der Waals surface area contributed by atoms with Crippen molar-refractivity contribution in [1.29, 1.82) is 0 Å². The van der Waals surface area contributed by atoms with Crippen molar-refractivity contribution in [2.45, 2.75) is 31.4 Å². The first-order valence-corrected chi connectivity index (χ1v) is 8.95. The van der Waals surface area contributed by atoms with E-state index in [0.29, 0.717) is 6.61 Å². The molecule has 0 radical (unpaired) electrons. The average Bonchev–Trinajstić information content (AvgIpc) is 2.88.